The second kappa shape index (κ2) is 7.36. The van der Waals surface area contributed by atoms with Gasteiger partial charge in [0.2, 0.25) is 0 Å². The van der Waals surface area contributed by atoms with Crippen LogP contribution in [-0.2, 0) is 4.79 Å². The Balaban J connectivity index is 2.52. The zero-order valence-electron chi connectivity index (χ0n) is 12.1. The lowest BCUT2D eigenvalue weighted by atomic mass is 9.78. The highest BCUT2D eigenvalue weighted by Crippen LogP contribution is 2.30. The number of carbonyl (C=O) groups is 2. The van der Waals surface area contributed by atoms with Gasteiger partial charge in [-0.1, -0.05) is 33.6 Å². The average molecular weight is 270 g/mol. The predicted molar refractivity (Wildman–Crippen MR) is 74.0 cm³/mol. The molecule has 0 saturated heterocycles. The monoisotopic (exact) mass is 270 g/mol. The van der Waals surface area contributed by atoms with Gasteiger partial charge in [-0.3, -0.25) is 0 Å². The lowest BCUT2D eigenvalue weighted by molar-refractivity contribution is -0.139. The Morgan fingerprint density at radius 3 is 2.42 bits per heavy atom. The number of carboxylic acid groups (broad SMARTS) is 1. The quantitative estimate of drug-likeness (QED) is 0.717. The largest absolute Gasteiger partial charge is 0.480 e. The summed E-state index contributed by atoms with van der Waals surface area (Å²) >= 11 is 0. The molecule has 0 aromatic heterocycles. The van der Waals surface area contributed by atoms with Gasteiger partial charge in [0.25, 0.3) is 0 Å². The van der Waals surface area contributed by atoms with Gasteiger partial charge in [0, 0.05) is 6.04 Å². The summed E-state index contributed by atoms with van der Waals surface area (Å²) in [7, 11) is 0. The van der Waals surface area contributed by atoms with Crippen LogP contribution in [0.3, 0.4) is 0 Å². The zero-order chi connectivity index (χ0) is 14.4. The molecule has 2 amide bonds. The van der Waals surface area contributed by atoms with Gasteiger partial charge >= 0.3 is 12.0 Å². The molecule has 0 aliphatic heterocycles. The molecule has 0 radical (unpaired) electrons. The molecular formula is C14H26N2O3. The lowest BCUT2D eigenvalue weighted by Crippen LogP contribution is -2.52. The summed E-state index contributed by atoms with van der Waals surface area (Å²) in [6.07, 6.45) is 4.86. The van der Waals surface area contributed by atoms with Crippen molar-refractivity contribution in [1.82, 2.24) is 10.6 Å². The first kappa shape index (κ1) is 15.8. The van der Waals surface area contributed by atoms with Crippen molar-refractivity contribution in [3.63, 3.8) is 0 Å². The maximum atomic E-state index is 11.9. The summed E-state index contributed by atoms with van der Waals surface area (Å²) < 4.78 is 0. The first-order chi connectivity index (χ1) is 8.95. The molecule has 19 heavy (non-hydrogen) atoms. The predicted octanol–water partition coefficient (Wildman–Crippen LogP) is 2.36. The van der Waals surface area contributed by atoms with Gasteiger partial charge in [-0.05, 0) is 31.1 Å². The van der Waals surface area contributed by atoms with Crippen LogP contribution in [-0.4, -0.2) is 29.2 Å². The highest BCUT2D eigenvalue weighted by atomic mass is 16.4. The number of aliphatic carboxylic acids is 1. The molecule has 1 saturated carbocycles. The molecule has 0 aromatic rings. The Labute approximate surface area is 115 Å². The van der Waals surface area contributed by atoms with Crippen molar-refractivity contribution < 1.29 is 14.7 Å². The van der Waals surface area contributed by atoms with E-state index in [1.807, 2.05) is 0 Å². The highest BCUT2D eigenvalue weighted by molar-refractivity contribution is 5.82. The topological polar surface area (TPSA) is 78.4 Å². The molecule has 0 aromatic carbocycles. The van der Waals surface area contributed by atoms with Gasteiger partial charge in [0.15, 0.2) is 0 Å². The minimum Gasteiger partial charge on any atom is -0.480 e. The number of carbonyl (C=O) groups excluding carboxylic acids is 1. The number of rotatable bonds is 5. The normalized spacial score (nSPS) is 24.8. The first-order valence-corrected chi connectivity index (χ1v) is 7.25. The maximum absolute atomic E-state index is 11.9. The molecule has 0 bridgehead atoms. The third kappa shape index (κ3) is 4.73. The minimum atomic E-state index is -0.985. The number of carboxylic acids is 1. The third-order valence-corrected chi connectivity index (χ3v) is 4.00. The highest BCUT2D eigenvalue weighted by Gasteiger charge is 2.29. The minimum absolute atomic E-state index is 0.167. The van der Waals surface area contributed by atoms with Gasteiger partial charge < -0.3 is 15.7 Å². The van der Waals surface area contributed by atoms with E-state index in [9.17, 15) is 9.59 Å². The molecule has 1 fully saturated rings. The molecular weight excluding hydrogens is 244 g/mol. The van der Waals surface area contributed by atoms with E-state index in [4.69, 9.17) is 5.11 Å². The van der Waals surface area contributed by atoms with E-state index in [2.05, 4.69) is 24.5 Å². The van der Waals surface area contributed by atoms with Crippen molar-refractivity contribution in [1.29, 1.82) is 0 Å². The molecule has 3 atom stereocenters. The molecule has 0 heterocycles. The van der Waals surface area contributed by atoms with Gasteiger partial charge in [0.1, 0.15) is 6.04 Å². The summed E-state index contributed by atoms with van der Waals surface area (Å²) in [6, 6.07) is -0.993. The van der Waals surface area contributed by atoms with E-state index in [-0.39, 0.29) is 12.1 Å². The lowest BCUT2D eigenvalue weighted by Gasteiger charge is -2.35. The Bertz CT molecular complexity index is 318. The van der Waals surface area contributed by atoms with Crippen LogP contribution in [0, 0.1) is 11.8 Å². The Morgan fingerprint density at radius 2 is 1.89 bits per heavy atom. The van der Waals surface area contributed by atoms with Crippen molar-refractivity contribution >= 4 is 12.0 Å². The number of hydrogen-bond acceptors (Lipinski definition) is 2. The first-order valence-electron chi connectivity index (χ1n) is 7.25. The van der Waals surface area contributed by atoms with Crippen LogP contribution < -0.4 is 10.6 Å². The fraction of sp³-hybridized carbons (Fsp3) is 0.857. The molecule has 110 valence electrons. The van der Waals surface area contributed by atoms with Crippen molar-refractivity contribution in [3.05, 3.63) is 0 Å². The zero-order valence-corrected chi connectivity index (χ0v) is 12.1. The van der Waals surface area contributed by atoms with Gasteiger partial charge in [-0.25, -0.2) is 9.59 Å². The summed E-state index contributed by atoms with van der Waals surface area (Å²) in [5.41, 5.74) is 0. The van der Waals surface area contributed by atoms with E-state index in [1.54, 1.807) is 6.92 Å². The molecule has 5 heteroatoms. The van der Waals surface area contributed by atoms with E-state index in [1.165, 1.54) is 6.42 Å². The summed E-state index contributed by atoms with van der Waals surface area (Å²) in [4.78, 5) is 22.8. The standard InChI is InChI=1S/C14H26N2O3/c1-4-11(13(17)18)15-14(19)16-12-8-6-5-7-10(12)9(2)3/h9-12H,4-8H2,1-3H3,(H,17,18)(H2,15,16,19). The second-order valence-electron chi connectivity index (χ2n) is 5.72. The van der Waals surface area contributed by atoms with E-state index in [0.29, 0.717) is 18.3 Å². The van der Waals surface area contributed by atoms with Crippen LogP contribution in [0.5, 0.6) is 0 Å². The summed E-state index contributed by atoms with van der Waals surface area (Å²) in [5.74, 6) is 0.0400. The summed E-state index contributed by atoms with van der Waals surface area (Å²) in [6.45, 7) is 6.10. The fourth-order valence-electron chi connectivity index (χ4n) is 2.84. The summed E-state index contributed by atoms with van der Waals surface area (Å²) in [5, 5.41) is 14.4. The van der Waals surface area contributed by atoms with Gasteiger partial charge in [-0.15, -0.1) is 0 Å². The van der Waals surface area contributed by atoms with Crippen molar-refractivity contribution in [2.75, 3.05) is 0 Å². The molecule has 1 rings (SSSR count). The molecule has 3 unspecified atom stereocenters. The van der Waals surface area contributed by atoms with Crippen molar-refractivity contribution in [2.45, 2.75) is 65.0 Å². The third-order valence-electron chi connectivity index (χ3n) is 4.00. The van der Waals surface area contributed by atoms with Crippen LogP contribution in [0.25, 0.3) is 0 Å². The van der Waals surface area contributed by atoms with Crippen LogP contribution in [0.1, 0.15) is 52.9 Å². The maximum Gasteiger partial charge on any atom is 0.326 e. The van der Waals surface area contributed by atoms with E-state index >= 15 is 0 Å². The van der Waals surface area contributed by atoms with Crippen LogP contribution in [0.2, 0.25) is 0 Å². The Hall–Kier alpha value is -1.26. The molecule has 0 spiro atoms. The number of amides is 2. The Kier molecular flexibility index (Phi) is 6.12. The molecule has 5 nitrogen and oxygen atoms in total. The fourth-order valence-corrected chi connectivity index (χ4v) is 2.84. The van der Waals surface area contributed by atoms with Crippen LogP contribution >= 0.6 is 0 Å². The van der Waals surface area contributed by atoms with E-state index < -0.39 is 12.0 Å². The average Bonchev–Trinajstić information content (AvgIpc) is 2.35. The second-order valence-corrected chi connectivity index (χ2v) is 5.72. The van der Waals surface area contributed by atoms with Crippen molar-refractivity contribution in [3.8, 4) is 0 Å². The molecule has 3 N–H and O–H groups in total. The van der Waals surface area contributed by atoms with Crippen molar-refractivity contribution in [2.24, 2.45) is 11.8 Å². The van der Waals surface area contributed by atoms with Crippen LogP contribution in [0.4, 0.5) is 4.79 Å². The van der Waals surface area contributed by atoms with Gasteiger partial charge in [0.05, 0.1) is 0 Å². The number of nitrogens with one attached hydrogen (secondary N) is 2. The van der Waals surface area contributed by atoms with Gasteiger partial charge in [-0.2, -0.15) is 0 Å². The molecule has 1 aliphatic carbocycles. The Morgan fingerprint density at radius 1 is 1.26 bits per heavy atom. The van der Waals surface area contributed by atoms with E-state index in [0.717, 1.165) is 19.3 Å². The SMILES string of the molecule is CCC(NC(=O)NC1CCCCC1C(C)C)C(=O)O. The molecule has 1 aliphatic rings. The van der Waals surface area contributed by atoms with Crippen LogP contribution in [0.15, 0.2) is 0 Å². The number of hydrogen-bond donors (Lipinski definition) is 3. The number of urea groups is 1. The smallest absolute Gasteiger partial charge is 0.326 e.